The lowest BCUT2D eigenvalue weighted by atomic mass is 10.1. The predicted molar refractivity (Wildman–Crippen MR) is 100 cm³/mol. The zero-order valence-electron chi connectivity index (χ0n) is 14.8. The minimum atomic E-state index is 0.221. The van der Waals surface area contributed by atoms with Gasteiger partial charge in [-0.2, -0.15) is 0 Å². The fraction of sp³-hybridized carbons (Fsp3) is 0.200. The number of H-pyrrole nitrogens is 1. The molecule has 2 aromatic heterocycles. The second-order valence-electron chi connectivity index (χ2n) is 6.38. The molecule has 1 aliphatic rings. The second kappa shape index (κ2) is 6.35. The van der Waals surface area contributed by atoms with Crippen LogP contribution >= 0.6 is 0 Å². The number of rotatable bonds is 5. The summed E-state index contributed by atoms with van der Waals surface area (Å²) in [6.07, 6.45) is 4.85. The number of nitrogens with zero attached hydrogens (tertiary/aromatic N) is 3. The number of methoxy groups -OCH3 is 1. The van der Waals surface area contributed by atoms with Gasteiger partial charge in [0.2, 0.25) is 6.79 Å². The fourth-order valence-corrected chi connectivity index (χ4v) is 3.40. The minimum absolute atomic E-state index is 0.221. The molecule has 7 heteroatoms. The highest BCUT2D eigenvalue weighted by Crippen LogP contribution is 2.41. The maximum atomic E-state index is 5.48. The molecule has 0 spiro atoms. The summed E-state index contributed by atoms with van der Waals surface area (Å²) in [6.45, 7) is 0.959. The van der Waals surface area contributed by atoms with Crippen molar-refractivity contribution in [2.24, 2.45) is 0 Å². The van der Waals surface area contributed by atoms with Gasteiger partial charge in [0.25, 0.3) is 0 Å². The molecule has 0 aliphatic carbocycles. The zero-order chi connectivity index (χ0) is 18.2. The Morgan fingerprint density at radius 1 is 1.19 bits per heavy atom. The molecule has 0 atom stereocenters. The van der Waals surface area contributed by atoms with Crippen molar-refractivity contribution in [2.45, 2.75) is 13.0 Å². The second-order valence-corrected chi connectivity index (χ2v) is 6.38. The number of aromatic nitrogens is 4. The molecule has 0 saturated carbocycles. The van der Waals surface area contributed by atoms with Gasteiger partial charge in [0.1, 0.15) is 11.4 Å². The van der Waals surface area contributed by atoms with Crippen LogP contribution in [0.2, 0.25) is 0 Å². The third-order valence-electron chi connectivity index (χ3n) is 4.79. The van der Waals surface area contributed by atoms with Gasteiger partial charge in [-0.3, -0.25) is 4.68 Å². The van der Waals surface area contributed by atoms with Gasteiger partial charge in [0.15, 0.2) is 11.5 Å². The molecule has 136 valence electrons. The van der Waals surface area contributed by atoms with Crippen LogP contribution in [0.15, 0.2) is 48.8 Å². The minimum Gasteiger partial charge on any atom is -0.496 e. The summed E-state index contributed by atoms with van der Waals surface area (Å²) < 4.78 is 18.2. The first-order valence-electron chi connectivity index (χ1n) is 8.75. The Morgan fingerprint density at radius 2 is 2.04 bits per heavy atom. The van der Waals surface area contributed by atoms with Crippen molar-refractivity contribution in [3.05, 3.63) is 54.4 Å². The number of ether oxygens (including phenoxy) is 3. The first-order valence-corrected chi connectivity index (χ1v) is 8.75. The van der Waals surface area contributed by atoms with Gasteiger partial charge in [-0.05, 0) is 24.1 Å². The predicted octanol–water partition coefficient (Wildman–Crippen LogP) is 3.41. The Morgan fingerprint density at radius 3 is 2.93 bits per heavy atom. The number of aromatic amines is 1. The van der Waals surface area contributed by atoms with E-state index in [0.29, 0.717) is 17.2 Å². The highest BCUT2D eigenvalue weighted by atomic mass is 16.7. The molecular weight excluding hydrogens is 344 g/mol. The molecule has 0 unspecified atom stereocenters. The van der Waals surface area contributed by atoms with Crippen molar-refractivity contribution in [1.82, 2.24) is 20.0 Å². The molecule has 0 fully saturated rings. The number of hydrogen-bond donors (Lipinski definition) is 1. The summed E-state index contributed by atoms with van der Waals surface area (Å²) in [5.74, 6) is 2.06. The topological polar surface area (TPSA) is 74.2 Å². The Bertz CT molecular complexity index is 1120. The van der Waals surface area contributed by atoms with Crippen LogP contribution in [0.25, 0.3) is 22.2 Å². The molecule has 0 radical (unpaired) electrons. The van der Waals surface area contributed by atoms with Gasteiger partial charge in [-0.25, -0.2) is 0 Å². The van der Waals surface area contributed by atoms with Crippen LogP contribution in [0.5, 0.6) is 17.2 Å². The van der Waals surface area contributed by atoms with Crippen molar-refractivity contribution >= 4 is 10.9 Å². The average molecular weight is 362 g/mol. The van der Waals surface area contributed by atoms with Gasteiger partial charge in [-0.1, -0.05) is 23.4 Å². The van der Waals surface area contributed by atoms with Gasteiger partial charge in [-0.15, -0.1) is 5.10 Å². The lowest BCUT2D eigenvalue weighted by Crippen LogP contribution is -2.01. The van der Waals surface area contributed by atoms with Gasteiger partial charge >= 0.3 is 0 Å². The Balaban J connectivity index is 1.39. The molecule has 1 aliphatic heterocycles. The molecule has 0 saturated heterocycles. The fourth-order valence-electron chi connectivity index (χ4n) is 3.40. The standard InChI is InChI=1S/C20H18N4O3/c1-25-18-9-20-19(26-12-27-20)8-15(18)17-11-24(23-22-17)7-6-13-10-21-16-5-3-2-4-14(13)16/h2-5,8-11,21H,6-7,12H2,1H3. The quantitative estimate of drug-likeness (QED) is 0.589. The molecule has 5 rings (SSSR count). The highest BCUT2D eigenvalue weighted by Gasteiger charge is 2.20. The van der Waals surface area contributed by atoms with E-state index in [4.69, 9.17) is 14.2 Å². The van der Waals surface area contributed by atoms with E-state index in [1.165, 1.54) is 10.9 Å². The van der Waals surface area contributed by atoms with Gasteiger partial charge < -0.3 is 19.2 Å². The van der Waals surface area contributed by atoms with Crippen LogP contribution in [-0.4, -0.2) is 33.9 Å². The van der Waals surface area contributed by atoms with Gasteiger partial charge in [0, 0.05) is 35.3 Å². The lowest BCUT2D eigenvalue weighted by molar-refractivity contribution is 0.174. The van der Waals surface area contributed by atoms with E-state index < -0.39 is 0 Å². The SMILES string of the molecule is COc1cc2c(cc1-c1cn(CCc3c[nH]c4ccccc34)nn1)OCO2. The largest absolute Gasteiger partial charge is 0.496 e. The third kappa shape index (κ3) is 2.77. The van der Waals surface area contributed by atoms with E-state index in [1.807, 2.05) is 29.1 Å². The number of benzene rings is 2. The molecule has 27 heavy (non-hydrogen) atoms. The van der Waals surface area contributed by atoms with Crippen LogP contribution in [0.3, 0.4) is 0 Å². The van der Waals surface area contributed by atoms with E-state index in [0.717, 1.165) is 29.7 Å². The zero-order valence-corrected chi connectivity index (χ0v) is 14.8. The van der Waals surface area contributed by atoms with Crippen LogP contribution in [-0.2, 0) is 13.0 Å². The first-order chi connectivity index (χ1) is 13.3. The molecular formula is C20H18N4O3. The van der Waals surface area contributed by atoms with Crippen molar-refractivity contribution in [3.8, 4) is 28.5 Å². The smallest absolute Gasteiger partial charge is 0.231 e. The number of hydrogen-bond acceptors (Lipinski definition) is 5. The Labute approximate surface area is 155 Å². The van der Waals surface area contributed by atoms with E-state index in [1.54, 1.807) is 7.11 Å². The lowest BCUT2D eigenvalue weighted by Gasteiger charge is -2.07. The number of aryl methyl sites for hydroxylation is 2. The van der Waals surface area contributed by atoms with E-state index in [9.17, 15) is 0 Å². The van der Waals surface area contributed by atoms with Crippen molar-refractivity contribution in [1.29, 1.82) is 0 Å². The Hall–Kier alpha value is -3.48. The number of para-hydroxylation sites is 1. The monoisotopic (exact) mass is 362 g/mol. The summed E-state index contributed by atoms with van der Waals surface area (Å²) in [7, 11) is 1.63. The summed E-state index contributed by atoms with van der Waals surface area (Å²) >= 11 is 0. The first kappa shape index (κ1) is 15.7. The van der Waals surface area contributed by atoms with Crippen molar-refractivity contribution < 1.29 is 14.2 Å². The maximum absolute atomic E-state index is 5.48. The molecule has 3 heterocycles. The van der Waals surface area contributed by atoms with Crippen LogP contribution in [0, 0.1) is 0 Å². The molecule has 4 aromatic rings. The van der Waals surface area contributed by atoms with Crippen LogP contribution < -0.4 is 14.2 Å². The number of nitrogens with one attached hydrogen (secondary N) is 1. The van der Waals surface area contributed by atoms with Crippen molar-refractivity contribution in [3.63, 3.8) is 0 Å². The third-order valence-corrected chi connectivity index (χ3v) is 4.79. The molecule has 2 aromatic carbocycles. The number of fused-ring (bicyclic) bond motifs is 2. The van der Waals surface area contributed by atoms with Crippen LogP contribution in [0.1, 0.15) is 5.56 Å². The summed E-state index contributed by atoms with van der Waals surface area (Å²) in [5, 5.41) is 9.83. The highest BCUT2D eigenvalue weighted by molar-refractivity contribution is 5.83. The van der Waals surface area contributed by atoms with E-state index in [2.05, 4.69) is 39.7 Å². The molecule has 0 amide bonds. The molecule has 0 bridgehead atoms. The van der Waals surface area contributed by atoms with Gasteiger partial charge in [0.05, 0.1) is 13.3 Å². The maximum Gasteiger partial charge on any atom is 0.231 e. The van der Waals surface area contributed by atoms with E-state index in [-0.39, 0.29) is 6.79 Å². The van der Waals surface area contributed by atoms with Crippen LogP contribution in [0.4, 0.5) is 0 Å². The Kier molecular flexibility index (Phi) is 3.71. The molecule has 7 nitrogen and oxygen atoms in total. The summed E-state index contributed by atoms with van der Waals surface area (Å²) in [4.78, 5) is 3.31. The van der Waals surface area contributed by atoms with Crippen molar-refractivity contribution in [2.75, 3.05) is 13.9 Å². The normalized spacial score (nSPS) is 12.6. The summed E-state index contributed by atoms with van der Waals surface area (Å²) in [6, 6.07) is 12.0. The van der Waals surface area contributed by atoms with E-state index >= 15 is 0 Å². The molecule has 1 N–H and O–H groups in total. The summed E-state index contributed by atoms with van der Waals surface area (Å²) in [5.41, 5.74) is 3.99. The average Bonchev–Trinajstić information content (AvgIpc) is 3.44.